The molecule has 0 unspecified atom stereocenters. The number of allylic oxidation sites excluding steroid dienone is 1. The average molecular weight is 313 g/mol. The molecule has 1 N–H and O–H groups in total. The first-order chi connectivity index (χ1) is 11.7. The second-order valence-electron chi connectivity index (χ2n) is 5.63. The maximum Gasteiger partial charge on any atom is 0.195 e. The third-order valence-corrected chi connectivity index (χ3v) is 3.80. The second kappa shape index (κ2) is 7.42. The van der Waals surface area contributed by atoms with E-state index in [1.807, 2.05) is 91.9 Å². The van der Waals surface area contributed by atoms with E-state index in [1.165, 1.54) is 5.56 Å². The summed E-state index contributed by atoms with van der Waals surface area (Å²) < 4.78 is 0. The Hall–Kier alpha value is -3.13. The molecule has 0 fully saturated rings. The number of aryl methyl sites for hydroxylation is 1. The highest BCUT2D eigenvalue weighted by Gasteiger charge is 2.13. The van der Waals surface area contributed by atoms with E-state index >= 15 is 0 Å². The van der Waals surface area contributed by atoms with Crippen molar-refractivity contribution in [3.05, 3.63) is 108 Å². The minimum atomic E-state index is 0.00131. The Morgan fingerprint density at radius 2 is 1.29 bits per heavy atom. The monoisotopic (exact) mass is 313 g/mol. The maximum atomic E-state index is 12.9. The van der Waals surface area contributed by atoms with Gasteiger partial charge in [-0.05, 0) is 24.6 Å². The normalized spacial score (nSPS) is 11.1. The van der Waals surface area contributed by atoms with Gasteiger partial charge in [-0.1, -0.05) is 78.4 Å². The van der Waals surface area contributed by atoms with E-state index in [2.05, 4.69) is 5.32 Å². The molecule has 0 aliphatic rings. The minimum Gasteiger partial charge on any atom is -0.361 e. The molecule has 3 rings (SSSR count). The predicted octanol–water partition coefficient (Wildman–Crippen LogP) is 5.33. The quantitative estimate of drug-likeness (QED) is 0.509. The minimum absolute atomic E-state index is 0.00131. The van der Waals surface area contributed by atoms with Crippen molar-refractivity contribution in [3.8, 4) is 0 Å². The highest BCUT2D eigenvalue weighted by Crippen LogP contribution is 2.20. The Kier molecular flexibility index (Phi) is 4.87. The number of anilines is 1. The van der Waals surface area contributed by atoms with Gasteiger partial charge in [0.2, 0.25) is 0 Å². The highest BCUT2D eigenvalue weighted by molar-refractivity contribution is 6.29. The zero-order valence-corrected chi connectivity index (χ0v) is 13.6. The first-order valence-electron chi connectivity index (χ1n) is 7.92. The molecular weight excluding hydrogens is 294 g/mol. The van der Waals surface area contributed by atoms with Gasteiger partial charge in [0.15, 0.2) is 5.78 Å². The number of carbonyl (C=O) groups excluding carboxylic acids is 1. The van der Waals surface area contributed by atoms with Crippen LogP contribution in [0.4, 0.5) is 5.69 Å². The van der Waals surface area contributed by atoms with E-state index in [4.69, 9.17) is 0 Å². The van der Waals surface area contributed by atoms with Crippen LogP contribution in [0.3, 0.4) is 0 Å². The van der Waals surface area contributed by atoms with Crippen LogP contribution in [0, 0.1) is 6.92 Å². The third-order valence-electron chi connectivity index (χ3n) is 3.80. The van der Waals surface area contributed by atoms with Gasteiger partial charge in [0, 0.05) is 23.0 Å². The molecule has 0 saturated carbocycles. The molecule has 0 aliphatic heterocycles. The van der Waals surface area contributed by atoms with Crippen LogP contribution in [0.15, 0.2) is 91.1 Å². The molecule has 0 radical (unpaired) electrons. The lowest BCUT2D eigenvalue weighted by atomic mass is 9.97. The van der Waals surface area contributed by atoms with Gasteiger partial charge in [0.25, 0.3) is 0 Å². The summed E-state index contributed by atoms with van der Waals surface area (Å²) >= 11 is 0. The molecule has 3 aromatic carbocycles. The molecule has 118 valence electrons. The van der Waals surface area contributed by atoms with Crippen molar-refractivity contribution in [2.24, 2.45) is 0 Å². The first-order valence-corrected chi connectivity index (χ1v) is 7.92. The fourth-order valence-electron chi connectivity index (χ4n) is 2.45. The smallest absolute Gasteiger partial charge is 0.195 e. The van der Waals surface area contributed by atoms with E-state index in [9.17, 15) is 4.79 Å². The Morgan fingerprint density at radius 1 is 0.750 bits per heavy atom. The number of Topliss-reactive ketones (excluding diaryl/α,β-unsaturated/α-hetero) is 1. The highest BCUT2D eigenvalue weighted by atomic mass is 16.1. The van der Waals surface area contributed by atoms with Gasteiger partial charge in [0.1, 0.15) is 0 Å². The molecule has 0 amide bonds. The standard InChI is InChI=1S/C22H19NO/c1-17-12-14-20(15-13-17)23-16-21(18-8-4-2-5-9-18)22(24)19-10-6-3-7-11-19/h2-16,23H,1H3/b21-16+. The van der Waals surface area contributed by atoms with Crippen molar-refractivity contribution in [3.63, 3.8) is 0 Å². The lowest BCUT2D eigenvalue weighted by Crippen LogP contribution is -2.05. The second-order valence-corrected chi connectivity index (χ2v) is 5.63. The Labute approximate surface area is 142 Å². The molecule has 0 spiro atoms. The van der Waals surface area contributed by atoms with E-state index in [1.54, 1.807) is 6.20 Å². The summed E-state index contributed by atoms with van der Waals surface area (Å²) in [6, 6.07) is 27.1. The summed E-state index contributed by atoms with van der Waals surface area (Å²) in [5.41, 5.74) is 4.37. The van der Waals surface area contributed by atoms with Crippen molar-refractivity contribution in [1.82, 2.24) is 0 Å². The SMILES string of the molecule is Cc1ccc(N/C=C(/C(=O)c2ccccc2)c2ccccc2)cc1. The number of hydrogen-bond donors (Lipinski definition) is 1. The van der Waals surface area contributed by atoms with Gasteiger partial charge in [0.05, 0.1) is 0 Å². The van der Waals surface area contributed by atoms with Crippen molar-refractivity contribution in [1.29, 1.82) is 0 Å². The molecule has 2 heteroatoms. The zero-order valence-electron chi connectivity index (χ0n) is 13.6. The number of benzene rings is 3. The number of rotatable bonds is 5. The molecule has 0 atom stereocenters. The van der Waals surface area contributed by atoms with Crippen LogP contribution >= 0.6 is 0 Å². The predicted molar refractivity (Wildman–Crippen MR) is 100.0 cm³/mol. The lowest BCUT2D eigenvalue weighted by Gasteiger charge is -2.09. The summed E-state index contributed by atoms with van der Waals surface area (Å²) in [5, 5.41) is 3.24. The van der Waals surface area contributed by atoms with Gasteiger partial charge in [-0.15, -0.1) is 0 Å². The first kappa shape index (κ1) is 15.8. The molecule has 0 aliphatic carbocycles. The molecular formula is C22H19NO. The summed E-state index contributed by atoms with van der Waals surface area (Å²) in [4.78, 5) is 12.9. The molecule has 0 heterocycles. The average Bonchev–Trinajstić information content (AvgIpc) is 2.65. The molecule has 3 aromatic rings. The van der Waals surface area contributed by atoms with Crippen LogP contribution in [-0.2, 0) is 0 Å². The van der Waals surface area contributed by atoms with Crippen LogP contribution < -0.4 is 5.32 Å². The van der Waals surface area contributed by atoms with E-state index < -0.39 is 0 Å². The van der Waals surface area contributed by atoms with Crippen molar-refractivity contribution in [2.45, 2.75) is 6.92 Å². The maximum absolute atomic E-state index is 12.9. The molecule has 24 heavy (non-hydrogen) atoms. The van der Waals surface area contributed by atoms with Crippen LogP contribution in [0.25, 0.3) is 5.57 Å². The topological polar surface area (TPSA) is 29.1 Å². The van der Waals surface area contributed by atoms with Gasteiger partial charge in [-0.2, -0.15) is 0 Å². The van der Waals surface area contributed by atoms with Crippen molar-refractivity contribution < 1.29 is 4.79 Å². The fraction of sp³-hybridized carbons (Fsp3) is 0.0455. The number of ketones is 1. The van der Waals surface area contributed by atoms with E-state index in [0.717, 1.165) is 11.3 Å². The van der Waals surface area contributed by atoms with Crippen LogP contribution in [-0.4, -0.2) is 5.78 Å². The van der Waals surface area contributed by atoms with Crippen LogP contribution in [0.2, 0.25) is 0 Å². The summed E-state index contributed by atoms with van der Waals surface area (Å²) in [5.74, 6) is 0.00131. The van der Waals surface area contributed by atoms with Gasteiger partial charge in [-0.25, -0.2) is 0 Å². The van der Waals surface area contributed by atoms with Gasteiger partial charge in [-0.3, -0.25) is 4.79 Å². The van der Waals surface area contributed by atoms with Gasteiger partial charge < -0.3 is 5.32 Å². The third kappa shape index (κ3) is 3.79. The Bertz CT molecular complexity index is 834. The molecule has 0 saturated heterocycles. The van der Waals surface area contributed by atoms with Crippen LogP contribution in [0.1, 0.15) is 21.5 Å². The number of hydrogen-bond acceptors (Lipinski definition) is 2. The molecule has 2 nitrogen and oxygen atoms in total. The van der Waals surface area contributed by atoms with Crippen molar-refractivity contribution >= 4 is 17.0 Å². The number of nitrogens with one attached hydrogen (secondary N) is 1. The van der Waals surface area contributed by atoms with E-state index in [0.29, 0.717) is 11.1 Å². The lowest BCUT2D eigenvalue weighted by molar-refractivity contribution is 0.105. The Balaban J connectivity index is 1.94. The summed E-state index contributed by atoms with van der Waals surface area (Å²) in [6.07, 6.45) is 1.79. The summed E-state index contributed by atoms with van der Waals surface area (Å²) in [6.45, 7) is 2.05. The fourth-order valence-corrected chi connectivity index (χ4v) is 2.45. The van der Waals surface area contributed by atoms with Crippen LogP contribution in [0.5, 0.6) is 0 Å². The van der Waals surface area contributed by atoms with Gasteiger partial charge >= 0.3 is 0 Å². The molecule has 0 aromatic heterocycles. The zero-order chi connectivity index (χ0) is 16.8. The largest absolute Gasteiger partial charge is 0.361 e. The molecule has 0 bridgehead atoms. The Morgan fingerprint density at radius 3 is 1.88 bits per heavy atom. The van der Waals surface area contributed by atoms with E-state index in [-0.39, 0.29) is 5.78 Å². The number of carbonyl (C=O) groups is 1. The summed E-state index contributed by atoms with van der Waals surface area (Å²) in [7, 11) is 0. The van der Waals surface area contributed by atoms with Crippen molar-refractivity contribution in [2.75, 3.05) is 5.32 Å².